The average Bonchev–Trinajstić information content (AvgIpc) is 2.91. The minimum Gasteiger partial charge on any atom is -0.354 e. The number of aryl methyl sites for hydroxylation is 1. The van der Waals surface area contributed by atoms with Crippen LogP contribution in [-0.2, 0) is 32.6 Å². The predicted octanol–water partition coefficient (Wildman–Crippen LogP) is 4.97. The number of halogens is 1. The maximum Gasteiger partial charge on any atom is 0.244 e. The average molecular weight is 570 g/mol. The van der Waals surface area contributed by atoms with E-state index in [1.54, 1.807) is 24.3 Å². The van der Waals surface area contributed by atoms with Gasteiger partial charge in [-0.25, -0.2) is 8.42 Å². The van der Waals surface area contributed by atoms with Crippen LogP contribution in [0.1, 0.15) is 36.5 Å². The molecule has 0 aliphatic heterocycles. The normalized spacial score (nSPS) is 12.0. The van der Waals surface area contributed by atoms with Crippen LogP contribution in [0.5, 0.6) is 0 Å². The number of para-hydroxylation sites is 1. The number of sulfonamides is 1. The van der Waals surface area contributed by atoms with Crippen LogP contribution in [0.3, 0.4) is 0 Å². The van der Waals surface area contributed by atoms with Crippen molar-refractivity contribution in [2.24, 2.45) is 0 Å². The lowest BCUT2D eigenvalue weighted by Gasteiger charge is -2.33. The first-order chi connectivity index (χ1) is 18.6. The van der Waals surface area contributed by atoms with Gasteiger partial charge in [0.25, 0.3) is 0 Å². The molecule has 0 saturated carbocycles. The lowest BCUT2D eigenvalue weighted by atomic mass is 10.0. The first-order valence-corrected chi connectivity index (χ1v) is 15.2. The van der Waals surface area contributed by atoms with Crippen molar-refractivity contribution in [3.8, 4) is 0 Å². The van der Waals surface area contributed by atoms with Gasteiger partial charge >= 0.3 is 0 Å². The first-order valence-electron chi connectivity index (χ1n) is 13.0. The second-order valence-corrected chi connectivity index (χ2v) is 11.9. The van der Waals surface area contributed by atoms with Gasteiger partial charge in [-0.2, -0.15) is 0 Å². The van der Waals surface area contributed by atoms with Gasteiger partial charge in [0.05, 0.1) is 17.0 Å². The molecule has 3 rings (SSSR count). The number of hydrogen-bond donors (Lipinski definition) is 1. The fourth-order valence-corrected chi connectivity index (χ4v) is 5.35. The van der Waals surface area contributed by atoms with E-state index in [1.165, 1.54) is 4.90 Å². The molecule has 0 bridgehead atoms. The molecule has 0 aromatic heterocycles. The van der Waals surface area contributed by atoms with E-state index < -0.39 is 28.5 Å². The summed E-state index contributed by atoms with van der Waals surface area (Å²) >= 11 is 6.33. The van der Waals surface area contributed by atoms with Crippen molar-refractivity contribution < 1.29 is 18.0 Å². The van der Waals surface area contributed by atoms with E-state index in [0.717, 1.165) is 40.1 Å². The molecule has 0 aliphatic rings. The molecular formula is C30H36ClN3O4S. The summed E-state index contributed by atoms with van der Waals surface area (Å²) in [6.07, 6.45) is 3.04. The maximum absolute atomic E-state index is 14.0. The zero-order valence-corrected chi connectivity index (χ0v) is 24.2. The van der Waals surface area contributed by atoms with E-state index in [2.05, 4.69) is 5.32 Å². The molecule has 0 spiro atoms. The number of rotatable bonds is 13. The quantitative estimate of drug-likeness (QED) is 0.294. The number of carbonyl (C=O) groups excluding carboxylic acids is 2. The molecule has 0 fully saturated rings. The molecule has 2 amide bonds. The molecule has 1 atom stereocenters. The Morgan fingerprint density at radius 3 is 2.18 bits per heavy atom. The molecule has 0 heterocycles. The summed E-state index contributed by atoms with van der Waals surface area (Å²) in [4.78, 5) is 29.1. The van der Waals surface area contributed by atoms with Crippen LogP contribution in [0.2, 0.25) is 5.02 Å². The Balaban J connectivity index is 2.03. The van der Waals surface area contributed by atoms with Crippen molar-refractivity contribution in [2.45, 2.75) is 45.7 Å². The zero-order valence-electron chi connectivity index (χ0n) is 22.6. The number of amides is 2. The van der Waals surface area contributed by atoms with Crippen molar-refractivity contribution in [3.05, 3.63) is 101 Å². The lowest BCUT2D eigenvalue weighted by Crippen LogP contribution is -2.53. The second kappa shape index (κ2) is 14.1. The SMILES string of the molecule is CCCCNC(=O)C(Cc1ccccc1)N(Cc1ccc(C)cc1)C(=O)CN(c1ccccc1Cl)S(C)(=O)=O. The van der Waals surface area contributed by atoms with Crippen LogP contribution in [0.15, 0.2) is 78.9 Å². The van der Waals surface area contributed by atoms with E-state index in [1.807, 2.05) is 68.4 Å². The number of carbonyl (C=O) groups is 2. The van der Waals surface area contributed by atoms with Crippen LogP contribution in [0.25, 0.3) is 0 Å². The molecule has 39 heavy (non-hydrogen) atoms. The molecule has 0 saturated heterocycles. The summed E-state index contributed by atoms with van der Waals surface area (Å²) < 4.78 is 26.6. The van der Waals surface area contributed by atoms with Crippen LogP contribution >= 0.6 is 11.6 Å². The van der Waals surface area contributed by atoms with Gasteiger partial charge in [-0.1, -0.05) is 97.2 Å². The summed E-state index contributed by atoms with van der Waals surface area (Å²) in [5.41, 5.74) is 2.99. The molecule has 7 nitrogen and oxygen atoms in total. The first kappa shape index (κ1) is 30.2. The molecule has 208 valence electrons. The van der Waals surface area contributed by atoms with Crippen molar-refractivity contribution in [2.75, 3.05) is 23.7 Å². The van der Waals surface area contributed by atoms with Crippen LogP contribution < -0.4 is 9.62 Å². The highest BCUT2D eigenvalue weighted by Crippen LogP contribution is 2.27. The number of benzene rings is 3. The van der Waals surface area contributed by atoms with Gasteiger partial charge in [0, 0.05) is 19.5 Å². The monoisotopic (exact) mass is 569 g/mol. The van der Waals surface area contributed by atoms with Crippen LogP contribution in [0.4, 0.5) is 5.69 Å². The predicted molar refractivity (Wildman–Crippen MR) is 157 cm³/mol. The number of anilines is 1. The van der Waals surface area contributed by atoms with Crippen LogP contribution in [-0.4, -0.2) is 50.5 Å². The fourth-order valence-electron chi connectivity index (χ4n) is 4.20. The van der Waals surface area contributed by atoms with E-state index in [9.17, 15) is 18.0 Å². The summed E-state index contributed by atoms with van der Waals surface area (Å²) in [7, 11) is -3.87. The van der Waals surface area contributed by atoms with Crippen molar-refractivity contribution in [1.29, 1.82) is 0 Å². The van der Waals surface area contributed by atoms with Gasteiger partial charge in [-0.15, -0.1) is 0 Å². The van der Waals surface area contributed by atoms with Gasteiger partial charge in [0.15, 0.2) is 0 Å². The number of nitrogens with zero attached hydrogens (tertiary/aromatic N) is 2. The second-order valence-electron chi connectivity index (χ2n) is 9.58. The topological polar surface area (TPSA) is 86.8 Å². The molecular weight excluding hydrogens is 534 g/mol. The number of nitrogens with one attached hydrogen (secondary N) is 1. The third-order valence-electron chi connectivity index (χ3n) is 6.37. The Morgan fingerprint density at radius 2 is 1.56 bits per heavy atom. The van der Waals surface area contributed by atoms with Gasteiger partial charge in [-0.3, -0.25) is 13.9 Å². The zero-order chi connectivity index (χ0) is 28.4. The summed E-state index contributed by atoms with van der Waals surface area (Å²) in [5.74, 6) is -0.788. The van der Waals surface area contributed by atoms with Crippen molar-refractivity contribution in [3.63, 3.8) is 0 Å². The Labute approximate surface area is 236 Å². The van der Waals surface area contributed by atoms with E-state index >= 15 is 0 Å². The van der Waals surface area contributed by atoms with Crippen molar-refractivity contribution in [1.82, 2.24) is 10.2 Å². The minimum absolute atomic E-state index is 0.137. The fraction of sp³-hybridized carbons (Fsp3) is 0.333. The Kier molecular flexibility index (Phi) is 10.9. The van der Waals surface area contributed by atoms with Gasteiger partial charge < -0.3 is 10.2 Å². The highest BCUT2D eigenvalue weighted by atomic mass is 35.5. The minimum atomic E-state index is -3.87. The Hall–Kier alpha value is -3.36. The molecule has 0 radical (unpaired) electrons. The maximum atomic E-state index is 14.0. The number of unbranched alkanes of at least 4 members (excludes halogenated alkanes) is 1. The molecule has 1 unspecified atom stereocenters. The van der Waals surface area contributed by atoms with E-state index in [0.29, 0.717) is 6.54 Å². The van der Waals surface area contributed by atoms with Gasteiger partial charge in [-0.05, 0) is 36.6 Å². The summed E-state index contributed by atoms with van der Waals surface area (Å²) in [6.45, 7) is 4.14. The van der Waals surface area contributed by atoms with Gasteiger partial charge in [0.2, 0.25) is 21.8 Å². The molecule has 3 aromatic carbocycles. The highest BCUT2D eigenvalue weighted by molar-refractivity contribution is 7.92. The summed E-state index contributed by atoms with van der Waals surface area (Å²) in [6, 6.07) is 22.8. The third kappa shape index (κ3) is 8.83. The smallest absolute Gasteiger partial charge is 0.244 e. The number of hydrogen-bond acceptors (Lipinski definition) is 4. The Bertz CT molecular complexity index is 1350. The standard InChI is InChI=1S/C30H36ClN3O4S/c1-4-5-19-32-30(36)28(20-24-11-7-6-8-12-24)33(21-25-17-15-23(2)16-18-25)29(35)22-34(39(3,37)38)27-14-10-9-13-26(27)31/h6-18,28H,4-5,19-22H2,1-3H3,(H,32,36). The molecule has 9 heteroatoms. The molecule has 0 aliphatic carbocycles. The third-order valence-corrected chi connectivity index (χ3v) is 7.82. The molecule has 3 aromatic rings. The highest BCUT2D eigenvalue weighted by Gasteiger charge is 2.33. The Morgan fingerprint density at radius 1 is 0.923 bits per heavy atom. The van der Waals surface area contributed by atoms with Gasteiger partial charge in [0.1, 0.15) is 12.6 Å². The molecule has 1 N–H and O–H groups in total. The summed E-state index contributed by atoms with van der Waals surface area (Å²) in [5, 5.41) is 3.18. The van der Waals surface area contributed by atoms with E-state index in [-0.39, 0.29) is 29.6 Å². The largest absolute Gasteiger partial charge is 0.354 e. The lowest BCUT2D eigenvalue weighted by molar-refractivity contribution is -0.140. The van der Waals surface area contributed by atoms with E-state index in [4.69, 9.17) is 11.6 Å². The van der Waals surface area contributed by atoms with Crippen molar-refractivity contribution >= 4 is 39.1 Å². The van der Waals surface area contributed by atoms with Crippen LogP contribution in [0, 0.1) is 6.92 Å².